The first-order valence-corrected chi connectivity index (χ1v) is 6.02. The van der Waals surface area contributed by atoms with Crippen molar-refractivity contribution in [2.75, 3.05) is 0 Å². The first kappa shape index (κ1) is 11.3. The van der Waals surface area contributed by atoms with Crippen LogP contribution in [0.15, 0.2) is 18.2 Å². The third kappa shape index (κ3) is 2.47. The molecular formula is C12H14Cl2O. The highest BCUT2D eigenvalue weighted by Crippen LogP contribution is 2.36. The molecule has 0 bridgehead atoms. The molecule has 0 spiro atoms. The van der Waals surface area contributed by atoms with Crippen LogP contribution in [0.3, 0.4) is 0 Å². The Morgan fingerprint density at radius 2 is 1.67 bits per heavy atom. The first-order valence-electron chi connectivity index (χ1n) is 5.26. The molecule has 1 nitrogen and oxygen atoms in total. The highest BCUT2D eigenvalue weighted by Gasteiger charge is 2.32. The Balaban J connectivity index is 2.23. The van der Waals surface area contributed by atoms with Crippen molar-refractivity contribution < 1.29 is 5.11 Å². The van der Waals surface area contributed by atoms with Crippen molar-refractivity contribution >= 4 is 23.2 Å². The summed E-state index contributed by atoms with van der Waals surface area (Å²) < 4.78 is 0. The highest BCUT2D eigenvalue weighted by atomic mass is 35.5. The molecule has 1 N–H and O–H groups in total. The van der Waals surface area contributed by atoms with Crippen LogP contribution >= 0.6 is 23.2 Å². The molecule has 82 valence electrons. The van der Waals surface area contributed by atoms with Gasteiger partial charge in [0.25, 0.3) is 0 Å². The summed E-state index contributed by atoms with van der Waals surface area (Å²) in [6.07, 6.45) is 4.48. The van der Waals surface area contributed by atoms with E-state index >= 15 is 0 Å². The van der Waals surface area contributed by atoms with Crippen molar-refractivity contribution in [2.24, 2.45) is 0 Å². The van der Waals surface area contributed by atoms with E-state index in [0.29, 0.717) is 16.5 Å². The number of rotatable bonds is 2. The Hall–Kier alpha value is -0.240. The number of benzene rings is 1. The van der Waals surface area contributed by atoms with Gasteiger partial charge in [-0.05, 0) is 30.5 Å². The summed E-state index contributed by atoms with van der Waals surface area (Å²) in [7, 11) is 0. The number of hydrogen-bond donors (Lipinski definition) is 1. The van der Waals surface area contributed by atoms with Gasteiger partial charge in [-0.15, -0.1) is 0 Å². The molecule has 1 fully saturated rings. The van der Waals surface area contributed by atoms with E-state index in [-0.39, 0.29) is 0 Å². The molecule has 2 rings (SSSR count). The second-order valence-corrected chi connectivity index (χ2v) is 5.12. The largest absolute Gasteiger partial charge is 0.390 e. The molecule has 0 amide bonds. The second-order valence-electron chi connectivity index (χ2n) is 4.31. The molecule has 15 heavy (non-hydrogen) atoms. The number of halogens is 2. The standard InChI is InChI=1S/C12H14Cl2O/c13-10-4-3-5-11(14)9(10)8-12(15)6-1-2-7-12/h3-5,15H,1-2,6-8H2. The highest BCUT2D eigenvalue weighted by molar-refractivity contribution is 6.36. The van der Waals surface area contributed by atoms with E-state index in [0.717, 1.165) is 31.2 Å². The minimum atomic E-state index is -0.589. The second kappa shape index (κ2) is 4.32. The molecule has 0 radical (unpaired) electrons. The van der Waals surface area contributed by atoms with Crippen molar-refractivity contribution in [3.05, 3.63) is 33.8 Å². The van der Waals surface area contributed by atoms with Crippen LogP contribution in [0.4, 0.5) is 0 Å². The van der Waals surface area contributed by atoms with Gasteiger partial charge in [0.2, 0.25) is 0 Å². The van der Waals surface area contributed by atoms with E-state index in [4.69, 9.17) is 23.2 Å². The van der Waals surface area contributed by atoms with Crippen LogP contribution in [0.5, 0.6) is 0 Å². The number of aliphatic hydroxyl groups is 1. The predicted octanol–water partition coefficient (Wildman–Crippen LogP) is 3.84. The van der Waals surface area contributed by atoms with Crippen LogP contribution in [0.2, 0.25) is 10.0 Å². The van der Waals surface area contributed by atoms with Crippen molar-refractivity contribution in [1.82, 2.24) is 0 Å². The molecule has 3 heteroatoms. The van der Waals surface area contributed by atoms with Gasteiger partial charge in [0, 0.05) is 16.5 Å². The van der Waals surface area contributed by atoms with Gasteiger partial charge in [-0.25, -0.2) is 0 Å². The fourth-order valence-corrected chi connectivity index (χ4v) is 2.77. The molecule has 1 aromatic rings. The zero-order valence-electron chi connectivity index (χ0n) is 8.47. The monoisotopic (exact) mass is 244 g/mol. The lowest BCUT2D eigenvalue weighted by atomic mass is 9.93. The molecule has 0 heterocycles. The summed E-state index contributed by atoms with van der Waals surface area (Å²) in [5, 5.41) is 11.6. The zero-order valence-corrected chi connectivity index (χ0v) is 9.98. The Kier molecular flexibility index (Phi) is 3.24. The SMILES string of the molecule is OC1(Cc2c(Cl)cccc2Cl)CCCC1. The fourth-order valence-electron chi connectivity index (χ4n) is 2.24. The van der Waals surface area contributed by atoms with Crippen LogP contribution in [-0.2, 0) is 6.42 Å². The smallest absolute Gasteiger partial charge is 0.0689 e. The quantitative estimate of drug-likeness (QED) is 0.839. The van der Waals surface area contributed by atoms with Gasteiger partial charge in [-0.3, -0.25) is 0 Å². The van der Waals surface area contributed by atoms with E-state index in [2.05, 4.69) is 0 Å². The number of hydrogen-bond acceptors (Lipinski definition) is 1. The van der Waals surface area contributed by atoms with Crippen molar-refractivity contribution in [3.8, 4) is 0 Å². The molecule has 0 unspecified atom stereocenters. The van der Waals surface area contributed by atoms with Crippen molar-refractivity contribution in [3.63, 3.8) is 0 Å². The van der Waals surface area contributed by atoms with Crippen LogP contribution in [0.1, 0.15) is 31.2 Å². The van der Waals surface area contributed by atoms with Crippen molar-refractivity contribution in [2.45, 2.75) is 37.7 Å². The van der Waals surface area contributed by atoms with Gasteiger partial charge >= 0.3 is 0 Å². The Morgan fingerprint density at radius 3 is 2.20 bits per heavy atom. The van der Waals surface area contributed by atoms with Gasteiger partial charge < -0.3 is 5.11 Å². The van der Waals surface area contributed by atoms with E-state index in [9.17, 15) is 5.11 Å². The molecule has 0 saturated heterocycles. The maximum atomic E-state index is 10.3. The van der Waals surface area contributed by atoms with Crippen molar-refractivity contribution in [1.29, 1.82) is 0 Å². The van der Waals surface area contributed by atoms with E-state index in [1.165, 1.54) is 0 Å². The fraction of sp³-hybridized carbons (Fsp3) is 0.500. The van der Waals surface area contributed by atoms with Crippen LogP contribution < -0.4 is 0 Å². The van der Waals surface area contributed by atoms with Crippen LogP contribution in [0, 0.1) is 0 Å². The molecule has 1 saturated carbocycles. The minimum absolute atomic E-state index is 0.575. The third-order valence-electron chi connectivity index (χ3n) is 3.10. The molecular weight excluding hydrogens is 231 g/mol. The van der Waals surface area contributed by atoms with Gasteiger partial charge in [0.15, 0.2) is 0 Å². The van der Waals surface area contributed by atoms with E-state index in [1.54, 1.807) is 0 Å². The summed E-state index contributed by atoms with van der Waals surface area (Å²) in [5.74, 6) is 0. The van der Waals surface area contributed by atoms with Gasteiger partial charge in [0.05, 0.1) is 5.60 Å². The minimum Gasteiger partial charge on any atom is -0.390 e. The Labute approximate surface area is 100 Å². The maximum absolute atomic E-state index is 10.3. The molecule has 0 aliphatic heterocycles. The summed E-state index contributed by atoms with van der Waals surface area (Å²) in [6.45, 7) is 0. The lowest BCUT2D eigenvalue weighted by Gasteiger charge is -2.23. The van der Waals surface area contributed by atoms with Crippen LogP contribution in [-0.4, -0.2) is 10.7 Å². The summed E-state index contributed by atoms with van der Waals surface area (Å²) in [5.41, 5.74) is 0.291. The average Bonchev–Trinajstić information content (AvgIpc) is 2.60. The third-order valence-corrected chi connectivity index (χ3v) is 3.81. The zero-order chi connectivity index (χ0) is 10.9. The molecule has 1 aliphatic carbocycles. The van der Waals surface area contributed by atoms with Gasteiger partial charge in [-0.1, -0.05) is 42.1 Å². The molecule has 0 aromatic heterocycles. The average molecular weight is 245 g/mol. The summed E-state index contributed by atoms with van der Waals surface area (Å²) in [6, 6.07) is 5.47. The van der Waals surface area contributed by atoms with Crippen LogP contribution in [0.25, 0.3) is 0 Å². The van der Waals surface area contributed by atoms with E-state index < -0.39 is 5.60 Å². The Morgan fingerprint density at radius 1 is 1.13 bits per heavy atom. The molecule has 1 aliphatic rings. The maximum Gasteiger partial charge on any atom is 0.0689 e. The predicted molar refractivity (Wildman–Crippen MR) is 63.6 cm³/mol. The lowest BCUT2D eigenvalue weighted by molar-refractivity contribution is 0.0482. The molecule has 0 atom stereocenters. The summed E-state index contributed by atoms with van der Waals surface area (Å²) in [4.78, 5) is 0. The normalized spacial score (nSPS) is 19.4. The lowest BCUT2D eigenvalue weighted by Crippen LogP contribution is -2.27. The van der Waals surface area contributed by atoms with E-state index in [1.807, 2.05) is 18.2 Å². The first-order chi connectivity index (χ1) is 7.11. The van der Waals surface area contributed by atoms with Gasteiger partial charge in [0.1, 0.15) is 0 Å². The van der Waals surface area contributed by atoms with Gasteiger partial charge in [-0.2, -0.15) is 0 Å². The Bertz CT molecular complexity index is 336. The topological polar surface area (TPSA) is 20.2 Å². The molecule has 1 aromatic carbocycles. The summed E-state index contributed by atoms with van der Waals surface area (Å²) >= 11 is 12.1.